The molecule has 80 valence electrons. The molecule has 0 saturated carbocycles. The van der Waals surface area contributed by atoms with Crippen molar-refractivity contribution in [3.05, 3.63) is 35.4 Å². The molecule has 1 rings (SSSR count). The number of carbonyl (C=O) groups excluding carboxylic acids is 1. The van der Waals surface area contributed by atoms with Crippen molar-refractivity contribution in [2.45, 2.75) is 13.8 Å². The summed E-state index contributed by atoms with van der Waals surface area (Å²) in [4.78, 5) is 10.9. The predicted octanol–water partition coefficient (Wildman–Crippen LogP) is 1.91. The zero-order chi connectivity index (χ0) is 11.8. The molecule has 0 spiro atoms. The fourth-order valence-corrected chi connectivity index (χ4v) is 1.06. The number of aryl methyl sites for hydroxylation is 1. The Hall–Kier alpha value is -2.19. The largest absolute Gasteiger partial charge is 0.456 e. The van der Waals surface area contributed by atoms with Crippen LogP contribution in [0.5, 0.6) is 0 Å². The van der Waals surface area contributed by atoms with Crippen molar-refractivity contribution in [2.75, 3.05) is 6.61 Å². The topological polar surface area (TPSA) is 26.3 Å². The highest BCUT2D eigenvalue weighted by Gasteiger charge is 1.91. The van der Waals surface area contributed by atoms with Gasteiger partial charge in [-0.15, -0.1) is 0 Å². The Labute approximate surface area is 95.6 Å². The summed E-state index contributed by atoms with van der Waals surface area (Å²) < 4.78 is 4.64. The standard InChI is InChI=1S/C14H12O2/c1-3-16-14(15)11-7-6-10-13-9-5-4-8-12(13)2/h4-5,8-9H,3H2,1-2H3. The van der Waals surface area contributed by atoms with Crippen LogP contribution in [-0.4, -0.2) is 12.6 Å². The average molecular weight is 212 g/mol. The van der Waals surface area contributed by atoms with Gasteiger partial charge in [0.25, 0.3) is 0 Å². The molecule has 0 radical (unpaired) electrons. The first-order valence-electron chi connectivity index (χ1n) is 4.98. The molecule has 0 atom stereocenters. The number of rotatable bonds is 1. The normalized spacial score (nSPS) is 8.12. The van der Waals surface area contributed by atoms with E-state index in [1.165, 1.54) is 0 Å². The van der Waals surface area contributed by atoms with Gasteiger partial charge in [-0.3, -0.25) is 0 Å². The summed E-state index contributed by atoms with van der Waals surface area (Å²) in [5.41, 5.74) is 2.01. The number of carbonyl (C=O) groups is 1. The minimum atomic E-state index is -0.540. The number of ether oxygens (including phenoxy) is 1. The first kappa shape index (κ1) is 11.9. The van der Waals surface area contributed by atoms with Crippen LogP contribution in [0.3, 0.4) is 0 Å². The van der Waals surface area contributed by atoms with Crippen molar-refractivity contribution < 1.29 is 9.53 Å². The van der Waals surface area contributed by atoms with E-state index >= 15 is 0 Å². The number of esters is 1. The summed E-state index contributed by atoms with van der Waals surface area (Å²) in [5.74, 6) is 9.71. The van der Waals surface area contributed by atoms with Crippen LogP contribution < -0.4 is 0 Å². The van der Waals surface area contributed by atoms with Gasteiger partial charge in [-0.25, -0.2) is 4.79 Å². The van der Waals surface area contributed by atoms with Gasteiger partial charge in [-0.1, -0.05) is 24.1 Å². The Morgan fingerprint density at radius 3 is 2.75 bits per heavy atom. The fraction of sp³-hybridized carbons (Fsp3) is 0.214. The first-order valence-corrected chi connectivity index (χ1v) is 4.98. The van der Waals surface area contributed by atoms with E-state index in [2.05, 4.69) is 28.4 Å². The molecule has 1 aromatic carbocycles. The molecule has 2 nitrogen and oxygen atoms in total. The lowest BCUT2D eigenvalue weighted by Gasteiger charge is -1.93. The zero-order valence-corrected chi connectivity index (χ0v) is 9.33. The lowest BCUT2D eigenvalue weighted by atomic mass is 10.1. The van der Waals surface area contributed by atoms with E-state index in [1.54, 1.807) is 6.92 Å². The van der Waals surface area contributed by atoms with Gasteiger partial charge >= 0.3 is 5.97 Å². The Balaban J connectivity index is 2.69. The molecule has 0 fully saturated rings. The van der Waals surface area contributed by atoms with Crippen molar-refractivity contribution >= 4 is 5.97 Å². The van der Waals surface area contributed by atoms with Gasteiger partial charge in [0.15, 0.2) is 0 Å². The maximum absolute atomic E-state index is 10.9. The second kappa shape index (κ2) is 6.32. The van der Waals surface area contributed by atoms with Crippen LogP contribution in [0.1, 0.15) is 18.1 Å². The monoisotopic (exact) mass is 212 g/mol. The molecule has 0 aliphatic carbocycles. The molecular formula is C14H12O2. The minimum absolute atomic E-state index is 0.332. The molecule has 0 N–H and O–H groups in total. The third-order valence-corrected chi connectivity index (χ3v) is 1.84. The van der Waals surface area contributed by atoms with E-state index in [4.69, 9.17) is 0 Å². The van der Waals surface area contributed by atoms with E-state index in [0.717, 1.165) is 11.1 Å². The molecule has 2 heteroatoms. The minimum Gasteiger partial charge on any atom is -0.456 e. The van der Waals surface area contributed by atoms with Crippen LogP contribution in [0.15, 0.2) is 24.3 Å². The maximum Gasteiger partial charge on any atom is 0.385 e. The highest BCUT2D eigenvalue weighted by Crippen LogP contribution is 2.03. The Bertz CT molecular complexity index is 493. The highest BCUT2D eigenvalue weighted by atomic mass is 16.5. The van der Waals surface area contributed by atoms with Crippen LogP contribution in [0.25, 0.3) is 0 Å². The molecule has 0 saturated heterocycles. The van der Waals surface area contributed by atoms with Gasteiger partial charge in [0, 0.05) is 11.5 Å². The van der Waals surface area contributed by atoms with E-state index < -0.39 is 5.97 Å². The quantitative estimate of drug-likeness (QED) is 0.404. The Morgan fingerprint density at radius 2 is 2.06 bits per heavy atom. The second-order valence-electron chi connectivity index (χ2n) is 3.04. The van der Waals surface area contributed by atoms with Gasteiger partial charge in [-0.2, -0.15) is 0 Å². The lowest BCUT2D eigenvalue weighted by Crippen LogP contribution is -1.99. The Morgan fingerprint density at radius 1 is 1.31 bits per heavy atom. The third kappa shape index (κ3) is 3.90. The summed E-state index contributed by atoms with van der Waals surface area (Å²) in [6.07, 6.45) is 0. The summed E-state index contributed by atoms with van der Waals surface area (Å²) in [6, 6.07) is 7.75. The van der Waals surface area contributed by atoms with E-state index in [0.29, 0.717) is 6.61 Å². The molecule has 1 aromatic rings. The van der Waals surface area contributed by atoms with Crippen LogP contribution >= 0.6 is 0 Å². The van der Waals surface area contributed by atoms with Gasteiger partial charge in [0.2, 0.25) is 0 Å². The van der Waals surface area contributed by atoms with Crippen molar-refractivity contribution in [1.29, 1.82) is 0 Å². The number of hydrogen-bond donors (Lipinski definition) is 0. The van der Waals surface area contributed by atoms with Crippen molar-refractivity contribution in [3.8, 4) is 23.7 Å². The van der Waals surface area contributed by atoms with Crippen LogP contribution in [0.4, 0.5) is 0 Å². The zero-order valence-electron chi connectivity index (χ0n) is 9.33. The van der Waals surface area contributed by atoms with Crippen LogP contribution in [0, 0.1) is 30.6 Å². The van der Waals surface area contributed by atoms with Gasteiger partial charge in [0.05, 0.1) is 6.61 Å². The van der Waals surface area contributed by atoms with Gasteiger partial charge in [0.1, 0.15) is 0 Å². The molecule has 0 aliphatic rings. The molecular weight excluding hydrogens is 200 g/mol. The van der Waals surface area contributed by atoms with Gasteiger partial charge in [-0.05, 0) is 37.3 Å². The smallest absolute Gasteiger partial charge is 0.385 e. The second-order valence-corrected chi connectivity index (χ2v) is 3.04. The first-order chi connectivity index (χ1) is 7.74. The molecule has 16 heavy (non-hydrogen) atoms. The Kier molecular flexibility index (Phi) is 4.70. The maximum atomic E-state index is 10.9. The number of hydrogen-bond acceptors (Lipinski definition) is 2. The van der Waals surface area contributed by atoms with E-state index in [-0.39, 0.29) is 0 Å². The predicted molar refractivity (Wildman–Crippen MR) is 62.5 cm³/mol. The summed E-state index contributed by atoms with van der Waals surface area (Å²) in [5, 5.41) is 0. The highest BCUT2D eigenvalue weighted by molar-refractivity contribution is 5.89. The summed E-state index contributed by atoms with van der Waals surface area (Å²) in [6.45, 7) is 4.04. The summed E-state index contributed by atoms with van der Waals surface area (Å²) in [7, 11) is 0. The fourth-order valence-electron chi connectivity index (χ4n) is 1.06. The average Bonchev–Trinajstić information content (AvgIpc) is 2.27. The molecule has 0 unspecified atom stereocenters. The lowest BCUT2D eigenvalue weighted by molar-refractivity contribution is -0.136. The molecule has 0 aliphatic heterocycles. The van der Waals surface area contributed by atoms with E-state index in [9.17, 15) is 4.79 Å². The molecule has 0 amide bonds. The van der Waals surface area contributed by atoms with Crippen LogP contribution in [0.2, 0.25) is 0 Å². The molecule has 0 aromatic heterocycles. The van der Waals surface area contributed by atoms with Crippen LogP contribution in [-0.2, 0) is 9.53 Å². The third-order valence-electron chi connectivity index (χ3n) is 1.84. The van der Waals surface area contributed by atoms with Gasteiger partial charge < -0.3 is 4.74 Å². The van der Waals surface area contributed by atoms with Crippen molar-refractivity contribution in [3.63, 3.8) is 0 Å². The van der Waals surface area contributed by atoms with Crippen molar-refractivity contribution in [1.82, 2.24) is 0 Å². The summed E-state index contributed by atoms with van der Waals surface area (Å²) >= 11 is 0. The molecule has 0 heterocycles. The molecule has 0 bridgehead atoms. The SMILES string of the molecule is CCOC(=O)C#CC#Cc1ccccc1C. The van der Waals surface area contributed by atoms with E-state index in [1.807, 2.05) is 31.2 Å². The van der Waals surface area contributed by atoms with Crippen molar-refractivity contribution in [2.24, 2.45) is 0 Å². The number of benzene rings is 1.